The van der Waals surface area contributed by atoms with Crippen LogP contribution in [0.1, 0.15) is 48.5 Å². The van der Waals surface area contributed by atoms with E-state index >= 15 is 0 Å². The van der Waals surface area contributed by atoms with Gasteiger partial charge in [0.1, 0.15) is 0 Å². The number of hydrogen-bond donors (Lipinski definition) is 2. The lowest BCUT2D eigenvalue weighted by Crippen LogP contribution is -2.44. The molecule has 0 unspecified atom stereocenters. The van der Waals surface area contributed by atoms with Crippen LogP contribution < -0.4 is 5.32 Å². The number of amides is 1. The van der Waals surface area contributed by atoms with Gasteiger partial charge in [0.25, 0.3) is 0 Å². The molecule has 4 nitrogen and oxygen atoms in total. The van der Waals surface area contributed by atoms with E-state index in [4.69, 9.17) is 5.11 Å². The summed E-state index contributed by atoms with van der Waals surface area (Å²) in [6.45, 7) is 2.51. The highest BCUT2D eigenvalue weighted by molar-refractivity contribution is 5.87. The molecule has 1 aromatic rings. The van der Waals surface area contributed by atoms with Crippen LogP contribution in [0.2, 0.25) is 0 Å². The van der Waals surface area contributed by atoms with Gasteiger partial charge >= 0.3 is 5.97 Å². The zero-order valence-corrected chi connectivity index (χ0v) is 11.1. The van der Waals surface area contributed by atoms with Crippen LogP contribution in [-0.2, 0) is 11.3 Å². The Morgan fingerprint density at radius 1 is 1.26 bits per heavy atom. The number of nitrogens with one attached hydrogen (secondary N) is 1. The molecule has 4 heteroatoms. The van der Waals surface area contributed by atoms with Crippen molar-refractivity contribution in [2.45, 2.75) is 39.2 Å². The molecule has 1 fully saturated rings. The lowest BCUT2D eigenvalue weighted by atomic mass is 9.66. The number of carbonyl (C=O) groups is 2. The normalized spacial score (nSPS) is 16.5. The standard InChI is InChI=1S/C15H19NO3/c1-2-15(8-3-9-15)14(19)16-10-11-4-6-12(7-5-11)13(17)18/h4-7H,2-3,8-10H2,1H3,(H,16,19)(H,17,18). The SMILES string of the molecule is CCC1(C(=O)NCc2ccc(C(=O)O)cc2)CCC1. The summed E-state index contributed by atoms with van der Waals surface area (Å²) in [5, 5.41) is 11.8. The van der Waals surface area contributed by atoms with Crippen LogP contribution in [0.5, 0.6) is 0 Å². The smallest absolute Gasteiger partial charge is 0.335 e. The van der Waals surface area contributed by atoms with Crippen molar-refractivity contribution < 1.29 is 14.7 Å². The van der Waals surface area contributed by atoms with E-state index in [0.717, 1.165) is 31.2 Å². The quantitative estimate of drug-likeness (QED) is 0.856. The summed E-state index contributed by atoms with van der Waals surface area (Å²) in [5.41, 5.74) is 1.03. The Bertz CT molecular complexity index is 469. The molecule has 0 heterocycles. The molecular formula is C15H19NO3. The Hall–Kier alpha value is -1.84. The fraction of sp³-hybridized carbons (Fsp3) is 0.467. The van der Waals surface area contributed by atoms with Crippen molar-refractivity contribution in [2.75, 3.05) is 0 Å². The lowest BCUT2D eigenvalue weighted by molar-refractivity contribution is -0.136. The number of aromatic carboxylic acids is 1. The predicted molar refractivity (Wildman–Crippen MR) is 71.8 cm³/mol. The first-order valence-corrected chi connectivity index (χ1v) is 6.68. The van der Waals surface area contributed by atoms with Crippen molar-refractivity contribution in [3.63, 3.8) is 0 Å². The van der Waals surface area contributed by atoms with Crippen molar-refractivity contribution in [3.05, 3.63) is 35.4 Å². The van der Waals surface area contributed by atoms with Crippen molar-refractivity contribution in [3.8, 4) is 0 Å². The van der Waals surface area contributed by atoms with E-state index in [9.17, 15) is 9.59 Å². The van der Waals surface area contributed by atoms with Gasteiger partial charge < -0.3 is 10.4 Å². The number of carbonyl (C=O) groups excluding carboxylic acids is 1. The summed E-state index contributed by atoms with van der Waals surface area (Å²) in [5.74, 6) is -0.807. The van der Waals surface area contributed by atoms with E-state index in [1.807, 2.05) is 0 Å². The Morgan fingerprint density at radius 3 is 2.32 bits per heavy atom. The van der Waals surface area contributed by atoms with Gasteiger partial charge in [0, 0.05) is 12.0 Å². The van der Waals surface area contributed by atoms with E-state index in [0.29, 0.717) is 6.54 Å². The zero-order chi connectivity index (χ0) is 13.9. The average molecular weight is 261 g/mol. The van der Waals surface area contributed by atoms with Crippen LogP contribution in [0.4, 0.5) is 0 Å². The number of carboxylic acid groups (broad SMARTS) is 1. The van der Waals surface area contributed by atoms with Gasteiger partial charge in [0.2, 0.25) is 5.91 Å². The monoisotopic (exact) mass is 261 g/mol. The summed E-state index contributed by atoms with van der Waals surface area (Å²) in [7, 11) is 0. The summed E-state index contributed by atoms with van der Waals surface area (Å²) in [6, 6.07) is 6.60. The number of carboxylic acids is 1. The van der Waals surface area contributed by atoms with E-state index in [1.54, 1.807) is 24.3 Å². The van der Waals surface area contributed by atoms with Gasteiger partial charge in [-0.25, -0.2) is 4.79 Å². The average Bonchev–Trinajstić information content (AvgIpc) is 2.36. The van der Waals surface area contributed by atoms with Gasteiger partial charge in [0.15, 0.2) is 0 Å². The molecule has 2 rings (SSSR count). The molecule has 0 aliphatic heterocycles. The van der Waals surface area contributed by atoms with Crippen molar-refractivity contribution in [1.29, 1.82) is 0 Å². The van der Waals surface area contributed by atoms with Gasteiger partial charge in [-0.2, -0.15) is 0 Å². The Kier molecular flexibility index (Phi) is 3.88. The molecule has 1 amide bonds. The Balaban J connectivity index is 1.91. The largest absolute Gasteiger partial charge is 0.478 e. The van der Waals surface area contributed by atoms with Gasteiger partial charge in [-0.1, -0.05) is 25.5 Å². The highest BCUT2D eigenvalue weighted by atomic mass is 16.4. The molecule has 1 aliphatic carbocycles. The second-order valence-electron chi connectivity index (χ2n) is 5.17. The molecule has 0 aromatic heterocycles. The third kappa shape index (κ3) is 2.78. The maximum absolute atomic E-state index is 12.1. The highest BCUT2D eigenvalue weighted by Gasteiger charge is 2.41. The third-order valence-corrected chi connectivity index (χ3v) is 4.12. The molecule has 0 radical (unpaired) electrons. The summed E-state index contributed by atoms with van der Waals surface area (Å²) >= 11 is 0. The van der Waals surface area contributed by atoms with Crippen molar-refractivity contribution in [1.82, 2.24) is 5.32 Å². The summed E-state index contributed by atoms with van der Waals surface area (Å²) in [4.78, 5) is 22.8. The first kappa shape index (κ1) is 13.6. The number of rotatable bonds is 5. The zero-order valence-electron chi connectivity index (χ0n) is 11.1. The molecule has 0 atom stereocenters. The van der Waals surface area contributed by atoms with Crippen LogP contribution in [0.3, 0.4) is 0 Å². The van der Waals surface area contributed by atoms with Crippen LogP contribution in [0, 0.1) is 5.41 Å². The maximum Gasteiger partial charge on any atom is 0.335 e. The second kappa shape index (κ2) is 5.43. The van der Waals surface area contributed by atoms with Crippen LogP contribution in [-0.4, -0.2) is 17.0 Å². The van der Waals surface area contributed by atoms with Crippen molar-refractivity contribution >= 4 is 11.9 Å². The van der Waals surface area contributed by atoms with E-state index < -0.39 is 5.97 Å². The number of hydrogen-bond acceptors (Lipinski definition) is 2. The minimum absolute atomic E-state index is 0.128. The lowest BCUT2D eigenvalue weighted by Gasteiger charge is -2.39. The minimum Gasteiger partial charge on any atom is -0.478 e. The molecule has 0 saturated heterocycles. The van der Waals surface area contributed by atoms with E-state index in [2.05, 4.69) is 12.2 Å². The fourth-order valence-corrected chi connectivity index (χ4v) is 2.48. The highest BCUT2D eigenvalue weighted by Crippen LogP contribution is 2.43. The molecule has 2 N–H and O–H groups in total. The Morgan fingerprint density at radius 2 is 1.89 bits per heavy atom. The van der Waals surface area contributed by atoms with Gasteiger partial charge in [0.05, 0.1) is 5.56 Å². The van der Waals surface area contributed by atoms with Gasteiger partial charge in [-0.05, 0) is 37.0 Å². The summed E-state index contributed by atoms with van der Waals surface area (Å²) in [6.07, 6.45) is 3.98. The molecular weight excluding hydrogens is 242 g/mol. The molecule has 0 bridgehead atoms. The van der Waals surface area contributed by atoms with Crippen LogP contribution >= 0.6 is 0 Å². The van der Waals surface area contributed by atoms with E-state index in [1.165, 1.54) is 0 Å². The summed E-state index contributed by atoms with van der Waals surface area (Å²) < 4.78 is 0. The molecule has 102 valence electrons. The Labute approximate surface area is 112 Å². The minimum atomic E-state index is -0.935. The molecule has 1 aliphatic rings. The first-order chi connectivity index (χ1) is 9.07. The number of benzene rings is 1. The van der Waals surface area contributed by atoms with Crippen LogP contribution in [0.15, 0.2) is 24.3 Å². The third-order valence-electron chi connectivity index (χ3n) is 4.12. The van der Waals surface area contributed by atoms with Crippen molar-refractivity contribution in [2.24, 2.45) is 5.41 Å². The molecule has 1 aromatic carbocycles. The predicted octanol–water partition coefficient (Wildman–Crippen LogP) is 2.58. The maximum atomic E-state index is 12.1. The first-order valence-electron chi connectivity index (χ1n) is 6.68. The van der Waals surface area contributed by atoms with Crippen LogP contribution in [0.25, 0.3) is 0 Å². The fourth-order valence-electron chi connectivity index (χ4n) is 2.48. The molecule has 0 spiro atoms. The topological polar surface area (TPSA) is 66.4 Å². The van der Waals surface area contributed by atoms with Gasteiger partial charge in [-0.3, -0.25) is 4.79 Å². The van der Waals surface area contributed by atoms with E-state index in [-0.39, 0.29) is 16.9 Å². The van der Waals surface area contributed by atoms with Gasteiger partial charge in [-0.15, -0.1) is 0 Å². The molecule has 19 heavy (non-hydrogen) atoms. The molecule has 1 saturated carbocycles. The second-order valence-corrected chi connectivity index (χ2v) is 5.17.